The normalized spacial score (nSPS) is 14.7. The minimum absolute atomic E-state index is 0.00515. The predicted octanol–water partition coefficient (Wildman–Crippen LogP) is 0.230. The second-order valence-electron chi connectivity index (χ2n) is 4.37. The van der Waals surface area contributed by atoms with Crippen molar-refractivity contribution in [3.05, 3.63) is 0 Å². The number of hydrogen-bond donors (Lipinski definition) is 2. The zero-order valence-corrected chi connectivity index (χ0v) is 11.4. The van der Waals surface area contributed by atoms with Crippen LogP contribution in [-0.4, -0.2) is 61.9 Å². The number of nitrogens with one attached hydrogen (secondary N) is 1. The molecule has 0 saturated heterocycles. The average molecular weight is 246 g/mol. The van der Waals surface area contributed by atoms with Gasteiger partial charge in [0.15, 0.2) is 0 Å². The van der Waals surface area contributed by atoms with Crippen molar-refractivity contribution in [3.8, 4) is 0 Å². The molecule has 0 rings (SSSR count). The molecule has 5 nitrogen and oxygen atoms in total. The highest BCUT2D eigenvalue weighted by atomic mass is 16.5. The molecular weight excluding hydrogens is 220 g/mol. The van der Waals surface area contributed by atoms with Gasteiger partial charge in [0, 0.05) is 20.2 Å². The average Bonchev–Trinajstić information content (AvgIpc) is 2.28. The topological polar surface area (TPSA) is 61.8 Å². The standard InChI is InChI=1S/C12H26N2O3/c1-5-6-7-13-12(16)10(2)14(3)8-11(15)9-17-4/h10-11,15H,5-9H2,1-4H3,(H,13,16). The van der Waals surface area contributed by atoms with Gasteiger partial charge in [0.2, 0.25) is 5.91 Å². The highest BCUT2D eigenvalue weighted by Gasteiger charge is 2.19. The van der Waals surface area contributed by atoms with Gasteiger partial charge in [-0.3, -0.25) is 9.69 Å². The van der Waals surface area contributed by atoms with Crippen LogP contribution < -0.4 is 5.32 Å². The number of nitrogens with zero attached hydrogens (tertiary/aromatic N) is 1. The van der Waals surface area contributed by atoms with E-state index in [0.717, 1.165) is 12.8 Å². The second kappa shape index (κ2) is 9.39. The van der Waals surface area contributed by atoms with Gasteiger partial charge in [-0.15, -0.1) is 0 Å². The number of unbranched alkanes of at least 4 members (excludes halogenated alkanes) is 1. The number of hydrogen-bond acceptors (Lipinski definition) is 4. The van der Waals surface area contributed by atoms with E-state index < -0.39 is 6.10 Å². The number of carbonyl (C=O) groups is 1. The molecule has 0 saturated carbocycles. The van der Waals surface area contributed by atoms with Crippen LogP contribution in [0.1, 0.15) is 26.7 Å². The predicted molar refractivity (Wildman–Crippen MR) is 67.9 cm³/mol. The molecule has 2 atom stereocenters. The lowest BCUT2D eigenvalue weighted by molar-refractivity contribution is -0.125. The van der Waals surface area contributed by atoms with E-state index >= 15 is 0 Å². The van der Waals surface area contributed by atoms with Crippen LogP contribution in [0.5, 0.6) is 0 Å². The van der Waals surface area contributed by atoms with Crippen LogP contribution in [0.3, 0.4) is 0 Å². The van der Waals surface area contributed by atoms with Crippen molar-refractivity contribution in [3.63, 3.8) is 0 Å². The minimum Gasteiger partial charge on any atom is -0.389 e. The Morgan fingerprint density at radius 3 is 2.71 bits per heavy atom. The number of ether oxygens (including phenoxy) is 1. The lowest BCUT2D eigenvalue weighted by Gasteiger charge is -2.25. The number of amides is 1. The van der Waals surface area contributed by atoms with Crippen molar-refractivity contribution in [1.29, 1.82) is 0 Å². The van der Waals surface area contributed by atoms with E-state index in [1.54, 1.807) is 7.11 Å². The molecule has 17 heavy (non-hydrogen) atoms. The second-order valence-corrected chi connectivity index (χ2v) is 4.37. The fourth-order valence-corrected chi connectivity index (χ4v) is 1.47. The number of aliphatic hydroxyl groups is 1. The van der Waals surface area contributed by atoms with Gasteiger partial charge in [-0.05, 0) is 20.4 Å². The van der Waals surface area contributed by atoms with Crippen molar-refractivity contribution >= 4 is 5.91 Å². The third kappa shape index (κ3) is 7.31. The Balaban J connectivity index is 3.93. The molecule has 102 valence electrons. The maximum atomic E-state index is 11.7. The van der Waals surface area contributed by atoms with Crippen molar-refractivity contribution in [1.82, 2.24) is 10.2 Å². The van der Waals surface area contributed by atoms with Crippen molar-refractivity contribution in [2.75, 3.05) is 33.9 Å². The SMILES string of the molecule is CCCCNC(=O)C(C)N(C)CC(O)COC. The number of likely N-dealkylation sites (N-methyl/N-ethyl adjacent to an activating group) is 1. The first-order valence-electron chi connectivity index (χ1n) is 6.17. The van der Waals surface area contributed by atoms with Gasteiger partial charge in [0.1, 0.15) is 0 Å². The van der Waals surface area contributed by atoms with Gasteiger partial charge in [0.25, 0.3) is 0 Å². The molecule has 0 radical (unpaired) electrons. The third-order valence-corrected chi connectivity index (χ3v) is 2.73. The Hall–Kier alpha value is -0.650. The first-order valence-corrected chi connectivity index (χ1v) is 6.17. The maximum Gasteiger partial charge on any atom is 0.237 e. The zero-order chi connectivity index (χ0) is 13.3. The highest BCUT2D eigenvalue weighted by Crippen LogP contribution is 1.98. The van der Waals surface area contributed by atoms with Crippen LogP contribution in [-0.2, 0) is 9.53 Å². The van der Waals surface area contributed by atoms with Crippen LogP contribution in [0.2, 0.25) is 0 Å². The molecule has 0 aromatic carbocycles. The van der Waals surface area contributed by atoms with E-state index in [-0.39, 0.29) is 18.6 Å². The molecule has 0 heterocycles. The van der Waals surface area contributed by atoms with Crippen LogP contribution in [0.25, 0.3) is 0 Å². The van der Waals surface area contributed by atoms with E-state index in [1.807, 2.05) is 18.9 Å². The molecular formula is C12H26N2O3. The molecule has 0 aromatic rings. The fourth-order valence-electron chi connectivity index (χ4n) is 1.47. The molecule has 0 bridgehead atoms. The van der Waals surface area contributed by atoms with Crippen LogP contribution in [0, 0.1) is 0 Å². The molecule has 1 amide bonds. The van der Waals surface area contributed by atoms with Gasteiger partial charge in [0.05, 0.1) is 18.8 Å². The largest absolute Gasteiger partial charge is 0.389 e. The molecule has 2 unspecified atom stereocenters. The molecule has 0 aliphatic heterocycles. The summed E-state index contributed by atoms with van der Waals surface area (Å²) in [5, 5.41) is 12.4. The first-order chi connectivity index (χ1) is 8.02. The molecule has 0 aromatic heterocycles. The molecule has 5 heteroatoms. The number of rotatable bonds is 9. The Morgan fingerprint density at radius 2 is 2.18 bits per heavy atom. The summed E-state index contributed by atoms with van der Waals surface area (Å²) >= 11 is 0. The lowest BCUT2D eigenvalue weighted by Crippen LogP contribution is -2.46. The quantitative estimate of drug-likeness (QED) is 0.572. The van der Waals surface area contributed by atoms with Crippen molar-refractivity contribution in [2.24, 2.45) is 0 Å². The summed E-state index contributed by atoms with van der Waals surface area (Å²) in [7, 11) is 3.37. The van der Waals surface area contributed by atoms with Gasteiger partial charge < -0.3 is 15.2 Å². The Kier molecular flexibility index (Phi) is 9.03. The smallest absolute Gasteiger partial charge is 0.237 e. The summed E-state index contributed by atoms with van der Waals surface area (Å²) in [5.41, 5.74) is 0. The van der Waals surface area contributed by atoms with E-state index in [2.05, 4.69) is 12.2 Å². The summed E-state index contributed by atoms with van der Waals surface area (Å²) in [6.45, 7) is 5.35. The summed E-state index contributed by atoms with van der Waals surface area (Å²) in [5.74, 6) is 0.00515. The first kappa shape index (κ1) is 16.4. The van der Waals surface area contributed by atoms with Crippen molar-refractivity contribution in [2.45, 2.75) is 38.8 Å². The van der Waals surface area contributed by atoms with Gasteiger partial charge >= 0.3 is 0 Å². The molecule has 0 spiro atoms. The minimum atomic E-state index is -0.559. The molecule has 2 N–H and O–H groups in total. The third-order valence-electron chi connectivity index (χ3n) is 2.73. The summed E-state index contributed by atoms with van der Waals surface area (Å²) in [6, 6.07) is -0.238. The summed E-state index contributed by atoms with van der Waals surface area (Å²) in [6.07, 6.45) is 1.50. The monoisotopic (exact) mass is 246 g/mol. The van der Waals surface area contributed by atoms with Gasteiger partial charge in [-0.25, -0.2) is 0 Å². The van der Waals surface area contributed by atoms with Crippen molar-refractivity contribution < 1.29 is 14.6 Å². The van der Waals surface area contributed by atoms with Crippen LogP contribution >= 0.6 is 0 Å². The lowest BCUT2D eigenvalue weighted by atomic mass is 10.2. The Bertz CT molecular complexity index is 212. The molecule has 0 fully saturated rings. The number of carbonyl (C=O) groups excluding carboxylic acids is 1. The van der Waals surface area contributed by atoms with E-state index in [4.69, 9.17) is 4.74 Å². The number of methoxy groups -OCH3 is 1. The van der Waals surface area contributed by atoms with Gasteiger partial charge in [-0.1, -0.05) is 13.3 Å². The molecule has 0 aliphatic rings. The summed E-state index contributed by atoms with van der Waals surface area (Å²) < 4.78 is 4.85. The van der Waals surface area contributed by atoms with E-state index in [0.29, 0.717) is 13.1 Å². The Labute approximate surface area is 104 Å². The Morgan fingerprint density at radius 1 is 1.53 bits per heavy atom. The van der Waals surface area contributed by atoms with Crippen LogP contribution in [0.15, 0.2) is 0 Å². The molecule has 0 aliphatic carbocycles. The fraction of sp³-hybridized carbons (Fsp3) is 0.917. The highest BCUT2D eigenvalue weighted by molar-refractivity contribution is 5.81. The zero-order valence-electron chi connectivity index (χ0n) is 11.4. The van der Waals surface area contributed by atoms with Gasteiger partial charge in [-0.2, -0.15) is 0 Å². The number of aliphatic hydroxyl groups excluding tert-OH is 1. The van der Waals surface area contributed by atoms with E-state index in [1.165, 1.54) is 0 Å². The summed E-state index contributed by atoms with van der Waals surface area (Å²) in [4.78, 5) is 13.6. The maximum absolute atomic E-state index is 11.7. The van der Waals surface area contributed by atoms with Crippen LogP contribution in [0.4, 0.5) is 0 Å². The van der Waals surface area contributed by atoms with E-state index in [9.17, 15) is 9.90 Å².